The number of aryl methyl sites for hydroxylation is 2. The quantitative estimate of drug-likeness (QED) is 0.731. The van der Waals surface area contributed by atoms with Gasteiger partial charge in [0.2, 0.25) is 0 Å². The smallest absolute Gasteiger partial charge is 0.378 e. The summed E-state index contributed by atoms with van der Waals surface area (Å²) >= 11 is 0. The van der Waals surface area contributed by atoms with E-state index in [0.29, 0.717) is 11.5 Å². The molecule has 1 N–H and O–H groups in total. The lowest BCUT2D eigenvalue weighted by atomic mass is 10.3. The summed E-state index contributed by atoms with van der Waals surface area (Å²) < 4.78 is 6.40. The molecular formula is C16H15N5O3. The number of para-hydroxylation sites is 1. The van der Waals surface area contributed by atoms with Gasteiger partial charge in [0.1, 0.15) is 0 Å². The van der Waals surface area contributed by atoms with Crippen molar-refractivity contribution in [2.45, 2.75) is 13.8 Å². The number of amides is 1. The van der Waals surface area contributed by atoms with E-state index in [1.54, 1.807) is 24.3 Å². The number of hydrogen-bond acceptors (Lipinski definition) is 6. The number of fused-ring (bicyclic) bond motifs is 1. The number of hydrogen-bond donors (Lipinski definition) is 1. The van der Waals surface area contributed by atoms with Gasteiger partial charge in [0.25, 0.3) is 17.5 Å². The number of carbonyl (C=O) groups excluding carboxylic acids is 2. The summed E-state index contributed by atoms with van der Waals surface area (Å²) in [5, 5.41) is 6.67. The minimum Gasteiger partial charge on any atom is -0.450 e. The first-order valence-electron chi connectivity index (χ1n) is 7.26. The number of rotatable bonds is 4. The molecular weight excluding hydrogens is 310 g/mol. The van der Waals surface area contributed by atoms with Crippen molar-refractivity contribution in [1.82, 2.24) is 19.6 Å². The van der Waals surface area contributed by atoms with E-state index in [4.69, 9.17) is 4.74 Å². The van der Waals surface area contributed by atoms with Gasteiger partial charge in [0.15, 0.2) is 6.61 Å². The Hall–Kier alpha value is -3.29. The number of nitrogens with zero attached hydrogens (tertiary/aromatic N) is 4. The Morgan fingerprint density at radius 3 is 2.67 bits per heavy atom. The molecule has 3 aromatic rings. The maximum absolute atomic E-state index is 12.0. The van der Waals surface area contributed by atoms with Crippen LogP contribution in [0, 0.1) is 13.8 Å². The van der Waals surface area contributed by atoms with Crippen molar-refractivity contribution in [3.63, 3.8) is 0 Å². The third kappa shape index (κ3) is 3.37. The second kappa shape index (κ2) is 6.45. The zero-order valence-corrected chi connectivity index (χ0v) is 13.2. The lowest BCUT2D eigenvalue weighted by molar-refractivity contribution is -0.119. The summed E-state index contributed by atoms with van der Waals surface area (Å²) in [6, 6.07) is 10.7. The van der Waals surface area contributed by atoms with E-state index in [9.17, 15) is 9.59 Å². The highest BCUT2D eigenvalue weighted by atomic mass is 16.5. The number of aromatic nitrogens is 4. The van der Waals surface area contributed by atoms with Gasteiger partial charge < -0.3 is 10.1 Å². The number of benzene rings is 1. The zero-order chi connectivity index (χ0) is 17.1. The number of anilines is 1. The van der Waals surface area contributed by atoms with Crippen LogP contribution in [0.5, 0.6) is 0 Å². The first-order chi connectivity index (χ1) is 11.5. The molecule has 2 aromatic heterocycles. The number of ether oxygens (including phenoxy) is 1. The van der Waals surface area contributed by atoms with E-state index in [1.165, 1.54) is 4.52 Å². The average Bonchev–Trinajstić information content (AvgIpc) is 2.98. The Morgan fingerprint density at radius 2 is 1.92 bits per heavy atom. The maximum Gasteiger partial charge on any atom is 0.378 e. The lowest BCUT2D eigenvalue weighted by Gasteiger charge is -2.04. The van der Waals surface area contributed by atoms with Crippen molar-refractivity contribution in [1.29, 1.82) is 0 Å². The third-order valence-corrected chi connectivity index (χ3v) is 3.19. The highest BCUT2D eigenvalue weighted by molar-refractivity contribution is 5.94. The number of esters is 1. The Balaban J connectivity index is 1.65. The molecule has 3 rings (SSSR count). The molecule has 0 saturated heterocycles. The van der Waals surface area contributed by atoms with E-state index in [-0.39, 0.29) is 5.82 Å². The molecule has 122 valence electrons. The Labute approximate surface area is 137 Å². The lowest BCUT2D eigenvalue weighted by Crippen LogP contribution is -2.21. The molecule has 24 heavy (non-hydrogen) atoms. The summed E-state index contributed by atoms with van der Waals surface area (Å²) in [4.78, 5) is 32.0. The Kier molecular flexibility index (Phi) is 4.19. The maximum atomic E-state index is 12.0. The molecule has 1 amide bonds. The van der Waals surface area contributed by atoms with Gasteiger partial charge in [-0.05, 0) is 32.0 Å². The van der Waals surface area contributed by atoms with Crippen molar-refractivity contribution in [3.05, 3.63) is 53.6 Å². The van der Waals surface area contributed by atoms with E-state index in [0.717, 1.165) is 11.4 Å². The highest BCUT2D eigenvalue weighted by Crippen LogP contribution is 2.07. The van der Waals surface area contributed by atoms with E-state index < -0.39 is 18.5 Å². The van der Waals surface area contributed by atoms with Crippen molar-refractivity contribution in [2.75, 3.05) is 11.9 Å². The van der Waals surface area contributed by atoms with Crippen molar-refractivity contribution in [3.8, 4) is 0 Å². The summed E-state index contributed by atoms with van der Waals surface area (Å²) in [5.41, 5.74) is 2.19. The molecule has 0 bridgehead atoms. The summed E-state index contributed by atoms with van der Waals surface area (Å²) in [6.07, 6.45) is 0. The van der Waals surface area contributed by atoms with Crippen LogP contribution in [0.25, 0.3) is 5.78 Å². The van der Waals surface area contributed by atoms with Crippen LogP contribution in [0.4, 0.5) is 5.69 Å². The van der Waals surface area contributed by atoms with E-state index in [1.807, 2.05) is 26.0 Å². The minimum absolute atomic E-state index is 0.135. The number of carbonyl (C=O) groups is 2. The molecule has 8 nitrogen and oxygen atoms in total. The summed E-state index contributed by atoms with van der Waals surface area (Å²) in [6.45, 7) is 3.24. The third-order valence-electron chi connectivity index (χ3n) is 3.19. The van der Waals surface area contributed by atoms with Gasteiger partial charge in [-0.3, -0.25) is 4.79 Å². The standard InChI is InChI=1S/C16H15N5O3/c1-10-8-11(2)21-16(17-10)19-14(20-21)15(23)24-9-13(22)18-12-6-4-3-5-7-12/h3-8H,9H2,1-2H3,(H,18,22). The molecule has 0 unspecified atom stereocenters. The fourth-order valence-corrected chi connectivity index (χ4v) is 2.17. The van der Waals surface area contributed by atoms with Crippen LogP contribution < -0.4 is 5.32 Å². The molecule has 1 aromatic carbocycles. The van der Waals surface area contributed by atoms with Crippen LogP contribution in [-0.2, 0) is 9.53 Å². The average molecular weight is 325 g/mol. The predicted octanol–water partition coefficient (Wildman–Crippen LogP) is 1.54. The van der Waals surface area contributed by atoms with Crippen molar-refractivity contribution >= 4 is 23.3 Å². The van der Waals surface area contributed by atoms with Gasteiger partial charge in [-0.1, -0.05) is 18.2 Å². The Morgan fingerprint density at radius 1 is 1.17 bits per heavy atom. The molecule has 0 saturated carbocycles. The first-order valence-corrected chi connectivity index (χ1v) is 7.26. The van der Waals surface area contributed by atoms with Crippen LogP contribution in [0.2, 0.25) is 0 Å². The van der Waals surface area contributed by atoms with E-state index in [2.05, 4.69) is 20.4 Å². The highest BCUT2D eigenvalue weighted by Gasteiger charge is 2.17. The molecule has 0 aliphatic carbocycles. The molecule has 0 aliphatic heterocycles. The van der Waals surface area contributed by atoms with Crippen molar-refractivity contribution < 1.29 is 14.3 Å². The SMILES string of the molecule is Cc1cc(C)n2nc(C(=O)OCC(=O)Nc3ccccc3)nc2n1. The first kappa shape index (κ1) is 15.6. The second-order valence-corrected chi connectivity index (χ2v) is 5.18. The molecule has 2 heterocycles. The normalized spacial score (nSPS) is 10.6. The molecule has 0 fully saturated rings. The van der Waals surface area contributed by atoms with Gasteiger partial charge in [-0.25, -0.2) is 14.3 Å². The van der Waals surface area contributed by atoms with Gasteiger partial charge in [-0.15, -0.1) is 5.10 Å². The number of nitrogens with one attached hydrogen (secondary N) is 1. The van der Waals surface area contributed by atoms with Crippen LogP contribution in [0.1, 0.15) is 22.0 Å². The van der Waals surface area contributed by atoms with Crippen LogP contribution in [0.3, 0.4) is 0 Å². The minimum atomic E-state index is -0.777. The molecule has 0 aliphatic rings. The fourth-order valence-electron chi connectivity index (χ4n) is 2.17. The monoisotopic (exact) mass is 325 g/mol. The van der Waals surface area contributed by atoms with Crippen molar-refractivity contribution in [2.24, 2.45) is 0 Å². The molecule has 0 atom stereocenters. The van der Waals surface area contributed by atoms with Gasteiger partial charge in [-0.2, -0.15) is 4.98 Å². The Bertz CT molecular complexity index is 905. The van der Waals surface area contributed by atoms with E-state index >= 15 is 0 Å². The predicted molar refractivity (Wildman–Crippen MR) is 85.6 cm³/mol. The van der Waals surface area contributed by atoms with Gasteiger partial charge in [0, 0.05) is 17.1 Å². The molecule has 0 radical (unpaired) electrons. The van der Waals surface area contributed by atoms with Crippen LogP contribution in [-0.4, -0.2) is 38.1 Å². The molecule has 8 heteroatoms. The summed E-state index contributed by atoms with van der Waals surface area (Å²) in [7, 11) is 0. The fraction of sp³-hybridized carbons (Fsp3) is 0.188. The largest absolute Gasteiger partial charge is 0.450 e. The summed E-state index contributed by atoms with van der Waals surface area (Å²) in [5.74, 6) is -1.04. The van der Waals surface area contributed by atoms with Crippen LogP contribution in [0.15, 0.2) is 36.4 Å². The molecule has 0 spiro atoms. The van der Waals surface area contributed by atoms with Gasteiger partial charge in [0.05, 0.1) is 0 Å². The van der Waals surface area contributed by atoms with Crippen LogP contribution >= 0.6 is 0 Å². The second-order valence-electron chi connectivity index (χ2n) is 5.18. The topological polar surface area (TPSA) is 98.5 Å². The zero-order valence-electron chi connectivity index (χ0n) is 13.2. The van der Waals surface area contributed by atoms with Gasteiger partial charge >= 0.3 is 5.97 Å².